The quantitative estimate of drug-likeness (QED) is 0.415. The number of carbonyl (C=O) groups excluding carboxylic acids is 2. The first-order valence-corrected chi connectivity index (χ1v) is 9.21. The van der Waals surface area contributed by atoms with Crippen LogP contribution in [-0.2, 0) is 9.53 Å². The van der Waals surface area contributed by atoms with E-state index >= 15 is 0 Å². The molecule has 28 heavy (non-hydrogen) atoms. The first-order valence-electron chi connectivity index (χ1n) is 9.21. The molecule has 0 aliphatic carbocycles. The van der Waals surface area contributed by atoms with Crippen molar-refractivity contribution in [2.24, 2.45) is 0 Å². The molecule has 0 bridgehead atoms. The number of carbonyl (C=O) groups is 2. The number of amides is 1. The van der Waals surface area contributed by atoms with Crippen molar-refractivity contribution in [3.05, 3.63) is 27.8 Å². The minimum absolute atomic E-state index is 0.201. The van der Waals surface area contributed by atoms with E-state index in [9.17, 15) is 19.7 Å². The maximum Gasteiger partial charge on any atom is 0.346 e. The number of rotatable bonds is 5. The molecule has 0 saturated carbocycles. The van der Waals surface area contributed by atoms with Crippen LogP contribution in [0.4, 0.5) is 5.69 Å². The van der Waals surface area contributed by atoms with E-state index < -0.39 is 22.7 Å². The number of likely N-dealkylation sites (N-methyl/N-ethyl adjacent to an activating group) is 1. The minimum Gasteiger partial charge on any atom is -0.486 e. The van der Waals surface area contributed by atoms with E-state index in [0.29, 0.717) is 13.1 Å². The number of nitro benzene ring substituents is 1. The van der Waals surface area contributed by atoms with Gasteiger partial charge < -0.3 is 24.0 Å². The molecule has 1 saturated heterocycles. The Morgan fingerprint density at radius 2 is 1.79 bits per heavy atom. The Hall–Kier alpha value is -2.88. The number of fused-ring (bicyclic) bond motifs is 1. The molecular formula is C18H23N3O7. The number of nitro groups is 1. The van der Waals surface area contributed by atoms with Crippen LogP contribution in [-0.4, -0.2) is 78.6 Å². The number of benzene rings is 1. The Morgan fingerprint density at radius 3 is 2.36 bits per heavy atom. The van der Waals surface area contributed by atoms with Crippen molar-refractivity contribution in [3.8, 4) is 11.5 Å². The summed E-state index contributed by atoms with van der Waals surface area (Å²) in [6.45, 7) is 7.62. The molecule has 0 spiro atoms. The molecule has 10 heteroatoms. The lowest BCUT2D eigenvalue weighted by atomic mass is 10.1. The molecule has 1 fully saturated rings. The van der Waals surface area contributed by atoms with Crippen LogP contribution in [0.1, 0.15) is 24.2 Å². The van der Waals surface area contributed by atoms with Gasteiger partial charge >= 0.3 is 5.97 Å². The van der Waals surface area contributed by atoms with Crippen LogP contribution in [0.5, 0.6) is 11.5 Å². The van der Waals surface area contributed by atoms with Crippen molar-refractivity contribution in [1.29, 1.82) is 0 Å². The third kappa shape index (κ3) is 4.16. The van der Waals surface area contributed by atoms with Crippen molar-refractivity contribution in [2.75, 3.05) is 45.9 Å². The fraction of sp³-hybridized carbons (Fsp3) is 0.556. The smallest absolute Gasteiger partial charge is 0.346 e. The van der Waals surface area contributed by atoms with Gasteiger partial charge in [-0.2, -0.15) is 0 Å². The lowest BCUT2D eigenvalue weighted by Crippen LogP contribution is -2.51. The van der Waals surface area contributed by atoms with Gasteiger partial charge in [-0.25, -0.2) is 4.79 Å². The molecule has 0 aromatic heterocycles. The number of piperazine rings is 1. The molecule has 3 rings (SSSR count). The summed E-state index contributed by atoms with van der Waals surface area (Å²) < 4.78 is 15.9. The number of nitrogens with zero attached hydrogens (tertiary/aromatic N) is 3. The Labute approximate surface area is 162 Å². The van der Waals surface area contributed by atoms with Gasteiger partial charge in [-0.1, -0.05) is 6.92 Å². The van der Waals surface area contributed by atoms with Gasteiger partial charge in [0.05, 0.1) is 11.0 Å². The zero-order chi connectivity index (χ0) is 20.3. The average molecular weight is 393 g/mol. The molecule has 0 radical (unpaired) electrons. The van der Waals surface area contributed by atoms with E-state index in [0.717, 1.165) is 25.7 Å². The van der Waals surface area contributed by atoms with Gasteiger partial charge in [0.25, 0.3) is 11.6 Å². The average Bonchev–Trinajstić information content (AvgIpc) is 2.72. The van der Waals surface area contributed by atoms with Crippen molar-refractivity contribution in [2.45, 2.75) is 20.0 Å². The second-order valence-electron chi connectivity index (χ2n) is 6.58. The van der Waals surface area contributed by atoms with Crippen LogP contribution in [0.2, 0.25) is 0 Å². The molecule has 0 unspecified atom stereocenters. The van der Waals surface area contributed by atoms with E-state index in [-0.39, 0.29) is 36.2 Å². The molecule has 2 aliphatic heterocycles. The zero-order valence-electron chi connectivity index (χ0n) is 15.9. The summed E-state index contributed by atoms with van der Waals surface area (Å²) in [6, 6.07) is 2.37. The highest BCUT2D eigenvalue weighted by Gasteiger charge is 2.31. The fourth-order valence-corrected chi connectivity index (χ4v) is 3.21. The van der Waals surface area contributed by atoms with E-state index in [1.807, 2.05) is 0 Å². The predicted octanol–water partition coefficient (Wildman–Crippen LogP) is 1.08. The van der Waals surface area contributed by atoms with Gasteiger partial charge in [-0.3, -0.25) is 14.9 Å². The number of hydrogen-bond donors (Lipinski definition) is 0. The van der Waals surface area contributed by atoms with Crippen molar-refractivity contribution >= 4 is 17.6 Å². The van der Waals surface area contributed by atoms with E-state index in [1.54, 1.807) is 4.90 Å². The first kappa shape index (κ1) is 19.9. The van der Waals surface area contributed by atoms with Gasteiger partial charge in [0.1, 0.15) is 18.8 Å². The van der Waals surface area contributed by atoms with Gasteiger partial charge in [0.15, 0.2) is 17.6 Å². The third-order valence-electron chi connectivity index (χ3n) is 4.84. The van der Waals surface area contributed by atoms with Crippen LogP contribution < -0.4 is 9.47 Å². The maximum absolute atomic E-state index is 12.6. The Kier molecular flexibility index (Phi) is 5.98. The van der Waals surface area contributed by atoms with Crippen LogP contribution in [0.15, 0.2) is 12.1 Å². The molecular weight excluding hydrogens is 370 g/mol. The highest BCUT2D eigenvalue weighted by atomic mass is 16.6. The highest BCUT2D eigenvalue weighted by molar-refractivity contribution is 5.96. The molecule has 0 N–H and O–H groups in total. The van der Waals surface area contributed by atoms with Gasteiger partial charge in [0.2, 0.25) is 0 Å². The number of hydrogen-bond acceptors (Lipinski definition) is 8. The third-order valence-corrected chi connectivity index (χ3v) is 4.84. The molecule has 1 atom stereocenters. The maximum atomic E-state index is 12.6. The van der Waals surface area contributed by atoms with E-state index in [4.69, 9.17) is 14.2 Å². The summed E-state index contributed by atoms with van der Waals surface area (Å²) in [6.07, 6.45) is -1.05. The standard InChI is InChI=1S/C18H23N3O7/c1-3-19-4-6-20(7-5-19)17(22)12(2)28-18(23)13-10-15-16(27-9-8-26-15)11-14(13)21(24)25/h10-12H,3-9H2,1-2H3/t12-/m0/s1. The Balaban J connectivity index is 1.71. The van der Waals surface area contributed by atoms with Crippen molar-refractivity contribution in [1.82, 2.24) is 9.80 Å². The first-order chi connectivity index (χ1) is 13.4. The Bertz CT molecular complexity index is 775. The van der Waals surface area contributed by atoms with Gasteiger partial charge in [-0.05, 0) is 13.5 Å². The largest absolute Gasteiger partial charge is 0.486 e. The molecule has 2 aliphatic rings. The summed E-state index contributed by atoms with van der Waals surface area (Å²) in [7, 11) is 0. The minimum atomic E-state index is -1.05. The fourth-order valence-electron chi connectivity index (χ4n) is 3.21. The summed E-state index contributed by atoms with van der Waals surface area (Å²) >= 11 is 0. The van der Waals surface area contributed by atoms with Crippen LogP contribution in [0.25, 0.3) is 0 Å². The lowest BCUT2D eigenvalue weighted by molar-refractivity contribution is -0.385. The van der Waals surface area contributed by atoms with Crippen LogP contribution in [0.3, 0.4) is 0 Å². The van der Waals surface area contributed by atoms with Crippen molar-refractivity contribution in [3.63, 3.8) is 0 Å². The molecule has 152 valence electrons. The molecule has 2 heterocycles. The summed E-state index contributed by atoms with van der Waals surface area (Å²) in [5, 5.41) is 11.4. The zero-order valence-corrected chi connectivity index (χ0v) is 15.9. The molecule has 10 nitrogen and oxygen atoms in total. The second-order valence-corrected chi connectivity index (χ2v) is 6.58. The predicted molar refractivity (Wildman–Crippen MR) is 97.7 cm³/mol. The number of ether oxygens (including phenoxy) is 3. The van der Waals surface area contributed by atoms with E-state index in [2.05, 4.69) is 11.8 Å². The van der Waals surface area contributed by atoms with Crippen LogP contribution >= 0.6 is 0 Å². The lowest BCUT2D eigenvalue weighted by Gasteiger charge is -2.35. The highest BCUT2D eigenvalue weighted by Crippen LogP contribution is 2.37. The monoisotopic (exact) mass is 393 g/mol. The molecule has 1 aromatic rings. The van der Waals surface area contributed by atoms with Gasteiger partial charge in [0, 0.05) is 32.2 Å². The normalized spacial score (nSPS) is 17.7. The Morgan fingerprint density at radius 1 is 1.18 bits per heavy atom. The SMILES string of the molecule is CCN1CCN(C(=O)[C@H](C)OC(=O)c2cc3c(cc2[N+](=O)[O-])OCCO3)CC1. The summed E-state index contributed by atoms with van der Waals surface area (Å²) in [4.78, 5) is 39.6. The summed E-state index contributed by atoms with van der Waals surface area (Å²) in [5.41, 5.74) is -0.727. The second kappa shape index (κ2) is 8.42. The topological polar surface area (TPSA) is 111 Å². The summed E-state index contributed by atoms with van der Waals surface area (Å²) in [5.74, 6) is -0.827. The number of esters is 1. The molecule has 1 aromatic carbocycles. The van der Waals surface area contributed by atoms with Gasteiger partial charge in [-0.15, -0.1) is 0 Å². The molecule has 1 amide bonds. The van der Waals surface area contributed by atoms with E-state index in [1.165, 1.54) is 13.0 Å². The van der Waals surface area contributed by atoms with Crippen molar-refractivity contribution < 1.29 is 28.7 Å². The van der Waals surface area contributed by atoms with Crippen LogP contribution in [0, 0.1) is 10.1 Å².